The summed E-state index contributed by atoms with van der Waals surface area (Å²) in [6.45, 7) is 1.54. The fourth-order valence-corrected chi connectivity index (χ4v) is 2.92. The molecule has 1 aromatic heterocycles. The van der Waals surface area contributed by atoms with Gasteiger partial charge in [-0.1, -0.05) is 6.07 Å². The average Bonchev–Trinajstić information content (AvgIpc) is 3.11. The molecule has 0 bridgehead atoms. The standard InChI is InChI=1S/C18H21N3O4/c1-24-14-9-12(10-15(25-2)17(14)22)18(23)20-13-6-8-21(11-13)16-5-3-4-7-19-16/h3-5,7,9-10,13,22H,6,8,11H2,1-2H3,(H,20,23). The van der Waals surface area contributed by atoms with Crippen LogP contribution in [0, 0.1) is 0 Å². The number of phenolic OH excluding ortho intramolecular Hbond substituents is 1. The molecule has 1 unspecified atom stereocenters. The first-order valence-corrected chi connectivity index (χ1v) is 8.04. The van der Waals surface area contributed by atoms with Crippen LogP contribution in [-0.4, -0.2) is 49.3 Å². The van der Waals surface area contributed by atoms with Crippen LogP contribution in [0.25, 0.3) is 0 Å². The first-order chi connectivity index (χ1) is 12.1. The minimum atomic E-state index is -0.232. The van der Waals surface area contributed by atoms with Gasteiger partial charge in [0.15, 0.2) is 11.5 Å². The summed E-state index contributed by atoms with van der Waals surface area (Å²) in [6.07, 6.45) is 2.60. The third kappa shape index (κ3) is 3.60. The second kappa shape index (κ2) is 7.29. The van der Waals surface area contributed by atoms with Gasteiger partial charge in [-0.05, 0) is 30.7 Å². The van der Waals surface area contributed by atoms with Crippen LogP contribution in [0.3, 0.4) is 0 Å². The van der Waals surface area contributed by atoms with E-state index in [-0.39, 0.29) is 29.2 Å². The minimum Gasteiger partial charge on any atom is -0.502 e. The number of amides is 1. The van der Waals surface area contributed by atoms with Crippen LogP contribution in [0.4, 0.5) is 5.82 Å². The predicted octanol–water partition coefficient (Wildman–Crippen LogP) is 1.81. The van der Waals surface area contributed by atoms with Crippen molar-refractivity contribution in [2.24, 2.45) is 0 Å². The highest BCUT2D eigenvalue weighted by Crippen LogP contribution is 2.37. The van der Waals surface area contributed by atoms with Gasteiger partial charge in [-0.15, -0.1) is 0 Å². The van der Waals surface area contributed by atoms with E-state index >= 15 is 0 Å². The van der Waals surface area contributed by atoms with Crippen molar-refractivity contribution in [1.29, 1.82) is 0 Å². The maximum atomic E-state index is 12.6. The molecular formula is C18H21N3O4. The van der Waals surface area contributed by atoms with Crippen molar-refractivity contribution in [3.63, 3.8) is 0 Å². The number of aromatic hydroxyl groups is 1. The summed E-state index contributed by atoms with van der Waals surface area (Å²) in [5.74, 6) is 0.956. The number of carbonyl (C=O) groups excluding carboxylic acids is 1. The van der Waals surface area contributed by atoms with Gasteiger partial charge in [-0.2, -0.15) is 0 Å². The SMILES string of the molecule is COc1cc(C(=O)NC2CCN(c3ccccn3)C2)cc(OC)c1O. The van der Waals surface area contributed by atoms with E-state index in [9.17, 15) is 9.90 Å². The normalized spacial score (nSPS) is 16.6. The molecule has 7 nitrogen and oxygen atoms in total. The van der Waals surface area contributed by atoms with E-state index in [1.165, 1.54) is 26.4 Å². The highest BCUT2D eigenvalue weighted by atomic mass is 16.5. The number of carbonyl (C=O) groups is 1. The number of aromatic nitrogens is 1. The summed E-state index contributed by atoms with van der Waals surface area (Å²) in [4.78, 5) is 19.0. The van der Waals surface area contributed by atoms with E-state index < -0.39 is 0 Å². The Kier molecular flexibility index (Phi) is 4.92. The molecule has 1 aromatic carbocycles. The van der Waals surface area contributed by atoms with Gasteiger partial charge in [0.2, 0.25) is 5.75 Å². The topological polar surface area (TPSA) is 83.9 Å². The van der Waals surface area contributed by atoms with Crippen LogP contribution in [0.15, 0.2) is 36.5 Å². The van der Waals surface area contributed by atoms with Crippen molar-refractivity contribution in [3.05, 3.63) is 42.1 Å². The maximum Gasteiger partial charge on any atom is 0.251 e. The Labute approximate surface area is 146 Å². The quantitative estimate of drug-likeness (QED) is 0.861. The van der Waals surface area contributed by atoms with Crippen molar-refractivity contribution in [2.45, 2.75) is 12.5 Å². The second-order valence-corrected chi connectivity index (χ2v) is 5.82. The Hall–Kier alpha value is -2.96. The Balaban J connectivity index is 1.69. The summed E-state index contributed by atoms with van der Waals surface area (Å²) in [5.41, 5.74) is 0.378. The van der Waals surface area contributed by atoms with Gasteiger partial charge < -0.3 is 24.8 Å². The van der Waals surface area contributed by atoms with Crippen molar-refractivity contribution >= 4 is 11.7 Å². The number of hydrogen-bond donors (Lipinski definition) is 2. The molecule has 3 rings (SSSR count). The van der Waals surface area contributed by atoms with Crippen molar-refractivity contribution in [3.8, 4) is 17.2 Å². The molecule has 2 heterocycles. The zero-order valence-electron chi connectivity index (χ0n) is 14.2. The summed E-state index contributed by atoms with van der Waals surface area (Å²) >= 11 is 0. The van der Waals surface area contributed by atoms with Crippen LogP contribution in [-0.2, 0) is 0 Å². The van der Waals surface area contributed by atoms with Gasteiger partial charge in [0.25, 0.3) is 5.91 Å². The Morgan fingerprint density at radius 3 is 2.60 bits per heavy atom. The van der Waals surface area contributed by atoms with E-state index in [1.54, 1.807) is 6.20 Å². The van der Waals surface area contributed by atoms with Crippen molar-refractivity contribution < 1.29 is 19.4 Å². The number of rotatable bonds is 5. The summed E-state index contributed by atoms with van der Waals surface area (Å²) in [5, 5.41) is 13.0. The molecule has 1 saturated heterocycles. The number of methoxy groups -OCH3 is 2. The molecule has 132 valence electrons. The highest BCUT2D eigenvalue weighted by molar-refractivity contribution is 5.95. The Morgan fingerprint density at radius 2 is 2.00 bits per heavy atom. The molecule has 2 N–H and O–H groups in total. The third-order valence-electron chi connectivity index (χ3n) is 4.24. The molecule has 7 heteroatoms. The van der Waals surface area contributed by atoms with E-state index in [4.69, 9.17) is 9.47 Å². The number of anilines is 1. The van der Waals surface area contributed by atoms with Crippen LogP contribution in [0.2, 0.25) is 0 Å². The van der Waals surface area contributed by atoms with Crippen molar-refractivity contribution in [1.82, 2.24) is 10.3 Å². The highest BCUT2D eigenvalue weighted by Gasteiger charge is 2.25. The van der Waals surface area contributed by atoms with Crippen LogP contribution < -0.4 is 19.7 Å². The lowest BCUT2D eigenvalue weighted by atomic mass is 10.1. The lowest BCUT2D eigenvalue weighted by molar-refractivity contribution is 0.0939. The van der Waals surface area contributed by atoms with E-state index in [0.717, 1.165) is 18.8 Å². The predicted molar refractivity (Wildman–Crippen MR) is 93.5 cm³/mol. The number of phenols is 1. The van der Waals surface area contributed by atoms with E-state index in [1.807, 2.05) is 18.2 Å². The van der Waals surface area contributed by atoms with Gasteiger partial charge in [-0.3, -0.25) is 4.79 Å². The molecule has 1 fully saturated rings. The first-order valence-electron chi connectivity index (χ1n) is 8.04. The third-order valence-corrected chi connectivity index (χ3v) is 4.24. The van der Waals surface area contributed by atoms with Crippen LogP contribution >= 0.6 is 0 Å². The Morgan fingerprint density at radius 1 is 1.28 bits per heavy atom. The molecule has 1 aliphatic heterocycles. The largest absolute Gasteiger partial charge is 0.502 e. The smallest absolute Gasteiger partial charge is 0.251 e. The average molecular weight is 343 g/mol. The fourth-order valence-electron chi connectivity index (χ4n) is 2.92. The number of nitrogens with zero attached hydrogens (tertiary/aromatic N) is 2. The molecule has 0 spiro atoms. The number of nitrogens with one attached hydrogen (secondary N) is 1. The zero-order chi connectivity index (χ0) is 17.8. The van der Waals surface area contributed by atoms with E-state index in [0.29, 0.717) is 12.1 Å². The fraction of sp³-hybridized carbons (Fsp3) is 0.333. The Bertz CT molecular complexity index is 726. The minimum absolute atomic E-state index is 0.0281. The number of pyridine rings is 1. The van der Waals surface area contributed by atoms with Gasteiger partial charge in [-0.25, -0.2) is 4.98 Å². The second-order valence-electron chi connectivity index (χ2n) is 5.82. The molecule has 25 heavy (non-hydrogen) atoms. The van der Waals surface area contributed by atoms with Crippen LogP contribution in [0.1, 0.15) is 16.8 Å². The maximum absolute atomic E-state index is 12.6. The molecule has 0 saturated carbocycles. The molecule has 1 amide bonds. The molecule has 0 aliphatic carbocycles. The van der Waals surface area contributed by atoms with Gasteiger partial charge in [0, 0.05) is 30.9 Å². The lowest BCUT2D eigenvalue weighted by Crippen LogP contribution is -2.37. The molecule has 0 radical (unpaired) electrons. The van der Waals surface area contributed by atoms with Crippen LogP contribution in [0.5, 0.6) is 17.2 Å². The summed E-state index contributed by atoms with van der Waals surface area (Å²) in [7, 11) is 2.86. The van der Waals surface area contributed by atoms with Gasteiger partial charge >= 0.3 is 0 Å². The number of benzene rings is 1. The first kappa shape index (κ1) is 16.9. The molecule has 1 aliphatic rings. The van der Waals surface area contributed by atoms with Gasteiger partial charge in [0.05, 0.1) is 14.2 Å². The number of hydrogen-bond acceptors (Lipinski definition) is 6. The zero-order valence-corrected chi connectivity index (χ0v) is 14.2. The lowest BCUT2D eigenvalue weighted by Gasteiger charge is -2.18. The monoisotopic (exact) mass is 343 g/mol. The molecular weight excluding hydrogens is 322 g/mol. The number of ether oxygens (including phenoxy) is 2. The van der Waals surface area contributed by atoms with Crippen molar-refractivity contribution in [2.75, 3.05) is 32.2 Å². The summed E-state index contributed by atoms with van der Waals surface area (Å²) in [6, 6.07) is 8.81. The molecule has 1 atom stereocenters. The summed E-state index contributed by atoms with van der Waals surface area (Å²) < 4.78 is 10.2. The van der Waals surface area contributed by atoms with Gasteiger partial charge in [0.1, 0.15) is 5.82 Å². The van der Waals surface area contributed by atoms with E-state index in [2.05, 4.69) is 15.2 Å². The molecule has 2 aromatic rings.